The standard InChI is InChI=1S/C16H16BrNO3S/c1-18(9-13-8-12(17)10-22-13)16(19)7-11-2-3-14-15(6-11)21-5-4-20-14/h2-3,6,8,10H,4-5,7,9H2,1H3. The molecule has 0 saturated heterocycles. The molecule has 4 nitrogen and oxygen atoms in total. The number of carbonyl (C=O) groups is 1. The zero-order valence-corrected chi connectivity index (χ0v) is 14.6. The van der Waals surface area contributed by atoms with Gasteiger partial charge in [-0.15, -0.1) is 11.3 Å². The highest BCUT2D eigenvalue weighted by Gasteiger charge is 2.15. The molecule has 1 aromatic heterocycles. The maximum absolute atomic E-state index is 12.3. The van der Waals surface area contributed by atoms with E-state index in [0.29, 0.717) is 26.2 Å². The number of likely N-dealkylation sites (N-methyl/N-ethyl adjacent to an activating group) is 1. The Balaban J connectivity index is 1.63. The van der Waals surface area contributed by atoms with Crippen molar-refractivity contribution in [2.24, 2.45) is 0 Å². The highest BCUT2D eigenvalue weighted by molar-refractivity contribution is 9.10. The predicted octanol–water partition coefficient (Wildman–Crippen LogP) is 3.48. The third-order valence-corrected chi connectivity index (χ3v) is 5.08. The Bertz CT molecular complexity index is 686. The summed E-state index contributed by atoms with van der Waals surface area (Å²) in [5.41, 5.74) is 0.938. The minimum Gasteiger partial charge on any atom is -0.486 e. The molecular weight excluding hydrogens is 366 g/mol. The van der Waals surface area contributed by atoms with Crippen LogP contribution >= 0.6 is 27.3 Å². The van der Waals surface area contributed by atoms with Crippen LogP contribution in [0.25, 0.3) is 0 Å². The number of thiophene rings is 1. The first-order valence-electron chi connectivity index (χ1n) is 6.97. The number of carbonyl (C=O) groups excluding carboxylic acids is 1. The maximum atomic E-state index is 12.3. The fourth-order valence-corrected chi connectivity index (χ4v) is 3.77. The van der Waals surface area contributed by atoms with E-state index in [1.807, 2.05) is 36.7 Å². The Kier molecular flexibility index (Phi) is 4.69. The number of nitrogens with zero attached hydrogens (tertiary/aromatic N) is 1. The summed E-state index contributed by atoms with van der Waals surface area (Å²) in [4.78, 5) is 15.2. The average molecular weight is 382 g/mol. The molecule has 1 amide bonds. The lowest BCUT2D eigenvalue weighted by molar-refractivity contribution is -0.129. The smallest absolute Gasteiger partial charge is 0.227 e. The Morgan fingerprint density at radius 3 is 2.77 bits per heavy atom. The molecule has 0 bridgehead atoms. The van der Waals surface area contributed by atoms with Crippen LogP contribution < -0.4 is 9.47 Å². The molecular formula is C16H16BrNO3S. The Labute approximate surface area is 141 Å². The molecule has 0 unspecified atom stereocenters. The quantitative estimate of drug-likeness (QED) is 0.813. The number of hydrogen-bond acceptors (Lipinski definition) is 4. The van der Waals surface area contributed by atoms with Crippen molar-refractivity contribution in [3.05, 3.63) is 44.6 Å². The maximum Gasteiger partial charge on any atom is 0.227 e. The highest BCUT2D eigenvalue weighted by atomic mass is 79.9. The van der Waals surface area contributed by atoms with Gasteiger partial charge in [0.15, 0.2) is 11.5 Å². The van der Waals surface area contributed by atoms with Gasteiger partial charge in [0.1, 0.15) is 13.2 Å². The van der Waals surface area contributed by atoms with Gasteiger partial charge in [0.25, 0.3) is 0 Å². The summed E-state index contributed by atoms with van der Waals surface area (Å²) in [6, 6.07) is 7.72. The Morgan fingerprint density at radius 2 is 2.05 bits per heavy atom. The van der Waals surface area contributed by atoms with E-state index in [9.17, 15) is 4.79 Å². The molecule has 0 spiro atoms. The van der Waals surface area contributed by atoms with Crippen LogP contribution in [0.4, 0.5) is 0 Å². The van der Waals surface area contributed by atoms with Crippen molar-refractivity contribution in [3.63, 3.8) is 0 Å². The second-order valence-electron chi connectivity index (χ2n) is 5.14. The van der Waals surface area contributed by atoms with Gasteiger partial charge in [0, 0.05) is 21.8 Å². The summed E-state index contributed by atoms with van der Waals surface area (Å²) < 4.78 is 12.1. The van der Waals surface area contributed by atoms with Crippen molar-refractivity contribution >= 4 is 33.2 Å². The van der Waals surface area contributed by atoms with Gasteiger partial charge in [0.2, 0.25) is 5.91 Å². The van der Waals surface area contributed by atoms with Crippen LogP contribution in [-0.4, -0.2) is 31.1 Å². The Morgan fingerprint density at radius 1 is 1.27 bits per heavy atom. The molecule has 0 saturated carbocycles. The fourth-order valence-electron chi connectivity index (χ4n) is 2.27. The molecule has 22 heavy (non-hydrogen) atoms. The van der Waals surface area contributed by atoms with Gasteiger partial charge in [-0.3, -0.25) is 4.79 Å². The number of rotatable bonds is 4. The molecule has 6 heteroatoms. The molecule has 0 N–H and O–H groups in total. The molecule has 1 aliphatic heterocycles. The van der Waals surface area contributed by atoms with E-state index in [-0.39, 0.29) is 5.91 Å². The third-order valence-electron chi connectivity index (χ3n) is 3.40. The van der Waals surface area contributed by atoms with Crippen molar-refractivity contribution < 1.29 is 14.3 Å². The van der Waals surface area contributed by atoms with Crippen LogP contribution in [0.2, 0.25) is 0 Å². The third kappa shape index (κ3) is 3.62. The van der Waals surface area contributed by atoms with E-state index in [4.69, 9.17) is 9.47 Å². The fraction of sp³-hybridized carbons (Fsp3) is 0.312. The van der Waals surface area contributed by atoms with E-state index in [0.717, 1.165) is 26.4 Å². The first-order chi connectivity index (χ1) is 10.6. The van der Waals surface area contributed by atoms with Crippen LogP contribution in [0.15, 0.2) is 34.1 Å². The predicted molar refractivity (Wildman–Crippen MR) is 89.6 cm³/mol. The largest absolute Gasteiger partial charge is 0.486 e. The SMILES string of the molecule is CN(Cc1cc(Br)cs1)C(=O)Cc1ccc2c(c1)OCCO2. The van der Waals surface area contributed by atoms with Crippen LogP contribution in [-0.2, 0) is 17.8 Å². The van der Waals surface area contributed by atoms with E-state index in [1.165, 1.54) is 0 Å². The van der Waals surface area contributed by atoms with Gasteiger partial charge in [0.05, 0.1) is 13.0 Å². The average Bonchev–Trinajstić information content (AvgIpc) is 2.92. The van der Waals surface area contributed by atoms with Gasteiger partial charge < -0.3 is 14.4 Å². The summed E-state index contributed by atoms with van der Waals surface area (Å²) in [6.07, 6.45) is 0.361. The minimum atomic E-state index is 0.0844. The lowest BCUT2D eigenvalue weighted by atomic mass is 10.1. The number of hydrogen-bond donors (Lipinski definition) is 0. The van der Waals surface area contributed by atoms with Crippen LogP contribution in [0.3, 0.4) is 0 Å². The van der Waals surface area contributed by atoms with Crippen molar-refractivity contribution in [2.45, 2.75) is 13.0 Å². The van der Waals surface area contributed by atoms with Crippen molar-refractivity contribution in [1.29, 1.82) is 0 Å². The van der Waals surface area contributed by atoms with Gasteiger partial charge in [-0.1, -0.05) is 6.07 Å². The molecule has 2 heterocycles. The zero-order chi connectivity index (χ0) is 15.5. The highest BCUT2D eigenvalue weighted by Crippen LogP contribution is 2.31. The van der Waals surface area contributed by atoms with E-state index >= 15 is 0 Å². The molecule has 0 fully saturated rings. The summed E-state index contributed by atoms with van der Waals surface area (Å²) in [5.74, 6) is 1.56. The topological polar surface area (TPSA) is 38.8 Å². The van der Waals surface area contributed by atoms with Crippen LogP contribution in [0, 0.1) is 0 Å². The zero-order valence-electron chi connectivity index (χ0n) is 12.2. The summed E-state index contributed by atoms with van der Waals surface area (Å²) in [5, 5.41) is 2.02. The van der Waals surface area contributed by atoms with Crippen LogP contribution in [0.1, 0.15) is 10.4 Å². The second-order valence-corrected chi connectivity index (χ2v) is 7.05. The second kappa shape index (κ2) is 6.71. The normalized spacial score (nSPS) is 13.0. The van der Waals surface area contributed by atoms with Gasteiger partial charge in [-0.05, 0) is 39.7 Å². The van der Waals surface area contributed by atoms with Gasteiger partial charge in [-0.25, -0.2) is 0 Å². The van der Waals surface area contributed by atoms with E-state index < -0.39 is 0 Å². The number of amides is 1. The lowest BCUT2D eigenvalue weighted by Crippen LogP contribution is -2.27. The molecule has 116 valence electrons. The molecule has 0 radical (unpaired) electrons. The minimum absolute atomic E-state index is 0.0844. The van der Waals surface area contributed by atoms with E-state index in [1.54, 1.807) is 16.2 Å². The lowest BCUT2D eigenvalue weighted by Gasteiger charge is -2.20. The number of halogens is 1. The van der Waals surface area contributed by atoms with Crippen molar-refractivity contribution in [3.8, 4) is 11.5 Å². The molecule has 0 atom stereocenters. The molecule has 2 aromatic rings. The van der Waals surface area contributed by atoms with E-state index in [2.05, 4.69) is 15.9 Å². The van der Waals surface area contributed by atoms with Crippen molar-refractivity contribution in [2.75, 3.05) is 20.3 Å². The summed E-state index contributed by atoms with van der Waals surface area (Å²) >= 11 is 5.07. The molecule has 1 aromatic carbocycles. The van der Waals surface area contributed by atoms with Gasteiger partial charge >= 0.3 is 0 Å². The molecule has 1 aliphatic rings. The summed E-state index contributed by atoms with van der Waals surface area (Å²) in [6.45, 7) is 1.75. The summed E-state index contributed by atoms with van der Waals surface area (Å²) in [7, 11) is 1.83. The number of benzene rings is 1. The monoisotopic (exact) mass is 381 g/mol. The molecule has 0 aliphatic carbocycles. The number of ether oxygens (including phenoxy) is 2. The molecule has 3 rings (SSSR count). The Hall–Kier alpha value is -1.53. The first-order valence-corrected chi connectivity index (χ1v) is 8.64. The van der Waals surface area contributed by atoms with Crippen LogP contribution in [0.5, 0.6) is 11.5 Å². The first kappa shape index (κ1) is 15.4. The number of fused-ring (bicyclic) bond motifs is 1. The van der Waals surface area contributed by atoms with Gasteiger partial charge in [-0.2, -0.15) is 0 Å². The van der Waals surface area contributed by atoms with Crippen molar-refractivity contribution in [1.82, 2.24) is 4.90 Å².